The van der Waals surface area contributed by atoms with Crippen molar-refractivity contribution >= 4 is 21.8 Å². The fraction of sp³-hybridized carbons (Fsp3) is 0.188. The first-order chi connectivity index (χ1) is 9.58. The molecule has 0 saturated carbocycles. The van der Waals surface area contributed by atoms with Crippen LogP contribution in [0.25, 0.3) is 0 Å². The molecule has 0 heterocycles. The molecule has 0 bridgehead atoms. The van der Waals surface area contributed by atoms with Crippen LogP contribution in [0, 0.1) is 0 Å². The molecule has 0 N–H and O–H groups in total. The lowest BCUT2D eigenvalue weighted by Gasteiger charge is -2.12. The molecule has 0 radical (unpaired) electrons. The molecule has 1 amide bonds. The predicted molar refractivity (Wildman–Crippen MR) is 82.9 cm³/mol. The summed E-state index contributed by atoms with van der Waals surface area (Å²) in [6.45, 7) is 0.459. The van der Waals surface area contributed by atoms with Crippen LogP contribution < -0.4 is 4.74 Å². The SMILES string of the molecule is CN(C)C(=O)c1cccc(OCc2ccccc2Br)c1. The topological polar surface area (TPSA) is 29.5 Å². The van der Waals surface area contributed by atoms with Crippen molar-refractivity contribution in [1.29, 1.82) is 0 Å². The maximum absolute atomic E-state index is 11.9. The maximum atomic E-state index is 11.9. The first-order valence-corrected chi connectivity index (χ1v) is 7.05. The Labute approximate surface area is 127 Å². The summed E-state index contributed by atoms with van der Waals surface area (Å²) in [4.78, 5) is 13.4. The van der Waals surface area contributed by atoms with E-state index in [9.17, 15) is 4.79 Å². The molecular weight excluding hydrogens is 318 g/mol. The van der Waals surface area contributed by atoms with E-state index in [0.29, 0.717) is 17.9 Å². The van der Waals surface area contributed by atoms with Crippen molar-refractivity contribution in [1.82, 2.24) is 4.90 Å². The molecule has 0 atom stereocenters. The van der Waals surface area contributed by atoms with Crippen molar-refractivity contribution in [3.63, 3.8) is 0 Å². The summed E-state index contributed by atoms with van der Waals surface area (Å²) < 4.78 is 6.76. The number of halogens is 1. The average molecular weight is 334 g/mol. The van der Waals surface area contributed by atoms with Gasteiger partial charge < -0.3 is 9.64 Å². The third-order valence-corrected chi connectivity index (χ3v) is 3.61. The Balaban J connectivity index is 2.09. The Morgan fingerprint density at radius 2 is 1.90 bits per heavy atom. The number of hydrogen-bond acceptors (Lipinski definition) is 2. The highest BCUT2D eigenvalue weighted by Crippen LogP contribution is 2.20. The van der Waals surface area contributed by atoms with Crippen LogP contribution >= 0.6 is 15.9 Å². The summed E-state index contributed by atoms with van der Waals surface area (Å²) in [5, 5.41) is 0. The maximum Gasteiger partial charge on any atom is 0.253 e. The highest BCUT2D eigenvalue weighted by molar-refractivity contribution is 9.10. The zero-order valence-corrected chi connectivity index (χ0v) is 13.1. The van der Waals surface area contributed by atoms with Crippen LogP contribution in [0.15, 0.2) is 53.0 Å². The smallest absolute Gasteiger partial charge is 0.253 e. The zero-order chi connectivity index (χ0) is 14.5. The predicted octanol–water partition coefficient (Wildman–Crippen LogP) is 3.73. The molecule has 2 rings (SSSR count). The minimum Gasteiger partial charge on any atom is -0.489 e. The second kappa shape index (κ2) is 6.57. The monoisotopic (exact) mass is 333 g/mol. The summed E-state index contributed by atoms with van der Waals surface area (Å²) in [5.74, 6) is 0.657. The van der Waals surface area contributed by atoms with Gasteiger partial charge in [0.15, 0.2) is 0 Å². The first-order valence-electron chi connectivity index (χ1n) is 6.26. The normalized spacial score (nSPS) is 10.2. The number of rotatable bonds is 4. The fourth-order valence-electron chi connectivity index (χ4n) is 1.75. The molecule has 0 spiro atoms. The second-order valence-corrected chi connectivity index (χ2v) is 5.46. The van der Waals surface area contributed by atoms with Crippen LogP contribution in [0.2, 0.25) is 0 Å². The molecular formula is C16H16BrNO2. The lowest BCUT2D eigenvalue weighted by Crippen LogP contribution is -2.21. The second-order valence-electron chi connectivity index (χ2n) is 4.61. The van der Waals surface area contributed by atoms with E-state index >= 15 is 0 Å². The van der Waals surface area contributed by atoms with E-state index in [2.05, 4.69) is 15.9 Å². The third kappa shape index (κ3) is 3.61. The first kappa shape index (κ1) is 14.6. The van der Waals surface area contributed by atoms with Crippen LogP contribution in [-0.2, 0) is 6.61 Å². The minimum absolute atomic E-state index is 0.0312. The van der Waals surface area contributed by atoms with Gasteiger partial charge in [-0.2, -0.15) is 0 Å². The number of carbonyl (C=O) groups excluding carboxylic acids is 1. The molecule has 0 aliphatic carbocycles. The van der Waals surface area contributed by atoms with Gasteiger partial charge in [-0.15, -0.1) is 0 Å². The molecule has 0 aromatic heterocycles. The number of amides is 1. The zero-order valence-electron chi connectivity index (χ0n) is 11.5. The Morgan fingerprint density at radius 1 is 1.15 bits per heavy atom. The van der Waals surface area contributed by atoms with E-state index in [1.165, 1.54) is 0 Å². The minimum atomic E-state index is -0.0312. The van der Waals surface area contributed by atoms with Crippen molar-refractivity contribution in [3.05, 3.63) is 64.1 Å². The van der Waals surface area contributed by atoms with E-state index in [1.807, 2.05) is 36.4 Å². The molecule has 0 unspecified atom stereocenters. The molecule has 3 nitrogen and oxygen atoms in total. The number of benzene rings is 2. The number of ether oxygens (including phenoxy) is 1. The molecule has 0 aliphatic rings. The van der Waals surface area contributed by atoms with Gasteiger partial charge in [0.25, 0.3) is 5.91 Å². The lowest BCUT2D eigenvalue weighted by molar-refractivity contribution is 0.0827. The summed E-state index contributed by atoms with van der Waals surface area (Å²) in [6.07, 6.45) is 0. The average Bonchev–Trinajstić information content (AvgIpc) is 2.46. The van der Waals surface area contributed by atoms with Crippen molar-refractivity contribution in [3.8, 4) is 5.75 Å². The number of hydrogen-bond donors (Lipinski definition) is 0. The van der Waals surface area contributed by atoms with E-state index in [1.54, 1.807) is 31.1 Å². The van der Waals surface area contributed by atoms with E-state index in [-0.39, 0.29) is 5.91 Å². The molecule has 4 heteroatoms. The molecule has 20 heavy (non-hydrogen) atoms. The summed E-state index contributed by atoms with van der Waals surface area (Å²) >= 11 is 3.49. The lowest BCUT2D eigenvalue weighted by atomic mass is 10.2. The van der Waals surface area contributed by atoms with Gasteiger partial charge in [0.2, 0.25) is 0 Å². The molecule has 0 aliphatic heterocycles. The van der Waals surface area contributed by atoms with Gasteiger partial charge in [-0.05, 0) is 24.3 Å². The quantitative estimate of drug-likeness (QED) is 0.853. The van der Waals surface area contributed by atoms with Gasteiger partial charge in [0, 0.05) is 29.7 Å². The third-order valence-electron chi connectivity index (χ3n) is 2.84. The molecule has 0 saturated heterocycles. The highest BCUT2D eigenvalue weighted by atomic mass is 79.9. The van der Waals surface area contributed by atoms with Gasteiger partial charge >= 0.3 is 0 Å². The van der Waals surface area contributed by atoms with Gasteiger partial charge in [-0.3, -0.25) is 4.79 Å². The standard InChI is InChI=1S/C16H16BrNO2/c1-18(2)16(19)12-7-5-8-14(10-12)20-11-13-6-3-4-9-15(13)17/h3-10H,11H2,1-2H3. The van der Waals surface area contributed by atoms with E-state index in [4.69, 9.17) is 4.74 Å². The summed E-state index contributed by atoms with van der Waals surface area (Å²) in [5.41, 5.74) is 1.69. The Bertz CT molecular complexity index is 611. The summed E-state index contributed by atoms with van der Waals surface area (Å²) in [7, 11) is 3.47. The van der Waals surface area contributed by atoms with Crippen LogP contribution in [0.3, 0.4) is 0 Å². The van der Waals surface area contributed by atoms with Crippen molar-refractivity contribution < 1.29 is 9.53 Å². The summed E-state index contributed by atoms with van der Waals surface area (Å²) in [6, 6.07) is 15.1. The van der Waals surface area contributed by atoms with Crippen molar-refractivity contribution in [2.75, 3.05) is 14.1 Å². The Hall–Kier alpha value is -1.81. The highest BCUT2D eigenvalue weighted by Gasteiger charge is 2.08. The molecule has 0 fully saturated rings. The van der Waals surface area contributed by atoms with E-state index < -0.39 is 0 Å². The van der Waals surface area contributed by atoms with Crippen molar-refractivity contribution in [2.24, 2.45) is 0 Å². The van der Waals surface area contributed by atoms with Gasteiger partial charge in [0.05, 0.1) is 0 Å². The van der Waals surface area contributed by atoms with Crippen molar-refractivity contribution in [2.45, 2.75) is 6.61 Å². The Kier molecular flexibility index (Phi) is 4.79. The number of carbonyl (C=O) groups is 1. The number of nitrogens with zero attached hydrogens (tertiary/aromatic N) is 1. The van der Waals surface area contributed by atoms with Crippen LogP contribution in [0.1, 0.15) is 15.9 Å². The van der Waals surface area contributed by atoms with Crippen LogP contribution in [0.4, 0.5) is 0 Å². The van der Waals surface area contributed by atoms with Gasteiger partial charge in [-0.25, -0.2) is 0 Å². The van der Waals surface area contributed by atoms with Crippen LogP contribution in [0.5, 0.6) is 5.75 Å². The van der Waals surface area contributed by atoms with E-state index in [0.717, 1.165) is 10.0 Å². The Morgan fingerprint density at radius 3 is 2.60 bits per heavy atom. The van der Waals surface area contributed by atoms with Gasteiger partial charge in [-0.1, -0.05) is 40.2 Å². The molecule has 104 valence electrons. The molecule has 2 aromatic carbocycles. The van der Waals surface area contributed by atoms with Crippen LogP contribution in [-0.4, -0.2) is 24.9 Å². The fourth-order valence-corrected chi connectivity index (χ4v) is 2.15. The largest absolute Gasteiger partial charge is 0.489 e. The van der Waals surface area contributed by atoms with Gasteiger partial charge in [0.1, 0.15) is 12.4 Å². The molecule has 2 aromatic rings.